The summed E-state index contributed by atoms with van der Waals surface area (Å²) in [5.74, 6) is -2.44. The fourth-order valence-electron chi connectivity index (χ4n) is 6.81. The number of fused-ring (bicyclic) bond motifs is 4. The normalized spacial score (nSPS) is 25.6. The lowest BCUT2D eigenvalue weighted by Crippen LogP contribution is -2.56. The highest BCUT2D eigenvalue weighted by Gasteiger charge is 2.54. The smallest absolute Gasteiger partial charge is 0.334 e. The molecule has 4 atom stereocenters. The summed E-state index contributed by atoms with van der Waals surface area (Å²) in [5, 5.41) is 9.99. The first-order chi connectivity index (χ1) is 19.0. The van der Waals surface area contributed by atoms with Crippen molar-refractivity contribution in [2.75, 3.05) is 5.32 Å². The second-order valence-corrected chi connectivity index (χ2v) is 11.3. The molecule has 2 aromatic carbocycles. The number of aromatic nitrogens is 2. The standard InChI is InChI=1S/C31H30F4N4O/c1-18-4-3-5-22(14-18)37-29(40)38-28-24-11-6-20-15-27-19(17-36-39(27)23-9-7-21(32)8-10-23)16-30(20,2)25(24)12-13-26(28)31(33,34)35/h3-5,7-10,12,14-15,17,24,26,28H,6,11,13,16H2,1-2H3,(H2,37,38,40)/t24-,26+,28+,30-/m0/s1. The molecule has 3 aliphatic carbocycles. The summed E-state index contributed by atoms with van der Waals surface area (Å²) >= 11 is 0. The summed E-state index contributed by atoms with van der Waals surface area (Å²) < 4.78 is 58.0. The van der Waals surface area contributed by atoms with Crippen LogP contribution < -0.4 is 10.6 Å². The summed E-state index contributed by atoms with van der Waals surface area (Å²) in [4.78, 5) is 13.0. The van der Waals surface area contributed by atoms with E-state index in [1.165, 1.54) is 12.1 Å². The lowest BCUT2D eigenvalue weighted by molar-refractivity contribution is -0.186. The van der Waals surface area contributed by atoms with Gasteiger partial charge in [0.15, 0.2) is 0 Å². The van der Waals surface area contributed by atoms with Crippen LogP contribution in [0.2, 0.25) is 0 Å². The number of carbonyl (C=O) groups excluding carboxylic acids is 1. The molecule has 0 spiro atoms. The average molecular weight is 551 g/mol. The molecule has 1 heterocycles. The number of nitrogens with zero attached hydrogens (tertiary/aromatic N) is 2. The van der Waals surface area contributed by atoms with Gasteiger partial charge in [0.1, 0.15) is 5.82 Å². The number of urea groups is 1. The number of anilines is 1. The lowest BCUT2D eigenvalue weighted by Gasteiger charge is -2.51. The topological polar surface area (TPSA) is 59.0 Å². The molecule has 0 aliphatic heterocycles. The molecule has 208 valence electrons. The Morgan fingerprint density at radius 2 is 1.93 bits per heavy atom. The SMILES string of the molecule is Cc1cccc(NC(=O)N[C@H]2[C@H](C(F)(F)F)CC=C3[C@@H]2CCC2=Cc4c(cnn4-c4ccc(F)cc4)C[C@@]23C)c1. The summed E-state index contributed by atoms with van der Waals surface area (Å²) in [6, 6.07) is 11.6. The number of hydrogen-bond donors (Lipinski definition) is 2. The van der Waals surface area contributed by atoms with E-state index >= 15 is 0 Å². The number of carbonyl (C=O) groups is 1. The average Bonchev–Trinajstić information content (AvgIpc) is 3.29. The number of benzene rings is 2. The third-order valence-corrected chi connectivity index (χ3v) is 8.74. The first-order valence-corrected chi connectivity index (χ1v) is 13.5. The Morgan fingerprint density at radius 1 is 1.15 bits per heavy atom. The van der Waals surface area contributed by atoms with Gasteiger partial charge in [0, 0.05) is 23.1 Å². The molecule has 6 rings (SSSR count). The number of allylic oxidation sites excluding steroid dienone is 2. The molecule has 0 radical (unpaired) electrons. The van der Waals surface area contributed by atoms with Crippen molar-refractivity contribution in [1.29, 1.82) is 0 Å². The molecule has 2 N–H and O–H groups in total. The van der Waals surface area contributed by atoms with Crippen molar-refractivity contribution in [1.82, 2.24) is 15.1 Å². The van der Waals surface area contributed by atoms with Gasteiger partial charge < -0.3 is 10.6 Å². The maximum absolute atomic E-state index is 14.2. The zero-order valence-electron chi connectivity index (χ0n) is 22.2. The lowest BCUT2D eigenvalue weighted by atomic mass is 9.55. The second-order valence-electron chi connectivity index (χ2n) is 11.3. The molecular formula is C31H30F4N4O. The maximum Gasteiger partial charge on any atom is 0.394 e. The van der Waals surface area contributed by atoms with Crippen LogP contribution in [0, 0.1) is 30.0 Å². The van der Waals surface area contributed by atoms with Gasteiger partial charge in [-0.15, -0.1) is 0 Å². The van der Waals surface area contributed by atoms with Crippen molar-refractivity contribution in [3.05, 3.63) is 94.6 Å². The van der Waals surface area contributed by atoms with Crippen LogP contribution in [0.1, 0.15) is 43.0 Å². The highest BCUT2D eigenvalue weighted by molar-refractivity contribution is 5.89. The molecular weight excluding hydrogens is 520 g/mol. The molecule has 0 saturated heterocycles. The van der Waals surface area contributed by atoms with E-state index in [1.807, 2.05) is 13.0 Å². The Morgan fingerprint density at radius 3 is 2.65 bits per heavy atom. The molecule has 0 bridgehead atoms. The van der Waals surface area contributed by atoms with Crippen molar-refractivity contribution in [2.24, 2.45) is 17.3 Å². The van der Waals surface area contributed by atoms with Crippen LogP contribution in [0.3, 0.4) is 0 Å². The first kappa shape index (κ1) is 26.3. The van der Waals surface area contributed by atoms with Gasteiger partial charge in [0.05, 0.1) is 23.5 Å². The van der Waals surface area contributed by atoms with E-state index in [0.29, 0.717) is 24.9 Å². The minimum atomic E-state index is -4.45. The van der Waals surface area contributed by atoms with Crippen LogP contribution in [0.4, 0.5) is 28.0 Å². The fraction of sp³-hybridized carbons (Fsp3) is 0.355. The monoisotopic (exact) mass is 550 g/mol. The third-order valence-electron chi connectivity index (χ3n) is 8.74. The van der Waals surface area contributed by atoms with E-state index in [2.05, 4.69) is 28.7 Å². The van der Waals surface area contributed by atoms with Crippen molar-refractivity contribution >= 4 is 17.8 Å². The number of halogens is 4. The number of nitrogens with one attached hydrogen (secondary N) is 2. The van der Waals surface area contributed by atoms with Crippen LogP contribution in [0.25, 0.3) is 11.8 Å². The molecule has 3 aliphatic rings. The molecule has 1 aromatic heterocycles. The van der Waals surface area contributed by atoms with Crippen LogP contribution in [-0.4, -0.2) is 28.0 Å². The van der Waals surface area contributed by atoms with E-state index in [-0.39, 0.29) is 12.2 Å². The highest BCUT2D eigenvalue weighted by Crippen LogP contribution is 2.57. The van der Waals surface area contributed by atoms with Crippen molar-refractivity contribution in [2.45, 2.75) is 51.7 Å². The summed E-state index contributed by atoms with van der Waals surface area (Å²) in [7, 11) is 0. The Labute approximate surface area is 230 Å². The number of rotatable bonds is 3. The number of amides is 2. The predicted octanol–water partition coefficient (Wildman–Crippen LogP) is 7.37. The number of aryl methyl sites for hydroxylation is 1. The van der Waals surface area contributed by atoms with Crippen molar-refractivity contribution < 1.29 is 22.4 Å². The van der Waals surface area contributed by atoms with Gasteiger partial charge in [0.2, 0.25) is 0 Å². The molecule has 2 amide bonds. The Balaban J connectivity index is 1.31. The van der Waals surface area contributed by atoms with Gasteiger partial charge in [-0.05, 0) is 86.2 Å². The summed E-state index contributed by atoms with van der Waals surface area (Å²) in [6.45, 7) is 3.97. The number of alkyl halides is 3. The zero-order chi connectivity index (χ0) is 28.2. The quantitative estimate of drug-likeness (QED) is 0.264. The molecule has 0 unspecified atom stereocenters. The van der Waals surface area contributed by atoms with Crippen LogP contribution in [0.5, 0.6) is 0 Å². The predicted molar refractivity (Wildman–Crippen MR) is 145 cm³/mol. The van der Waals surface area contributed by atoms with E-state index in [4.69, 9.17) is 0 Å². The Kier molecular flexibility index (Phi) is 6.35. The minimum Gasteiger partial charge on any atom is -0.334 e. The summed E-state index contributed by atoms with van der Waals surface area (Å²) in [6.07, 6.45) is 2.71. The molecule has 1 fully saturated rings. The van der Waals surface area contributed by atoms with E-state index in [1.54, 1.807) is 47.3 Å². The van der Waals surface area contributed by atoms with E-state index < -0.39 is 35.5 Å². The van der Waals surface area contributed by atoms with Crippen LogP contribution in [-0.2, 0) is 6.42 Å². The van der Waals surface area contributed by atoms with Crippen LogP contribution >= 0.6 is 0 Å². The maximum atomic E-state index is 14.2. The van der Waals surface area contributed by atoms with Gasteiger partial charge in [0.25, 0.3) is 0 Å². The summed E-state index contributed by atoms with van der Waals surface area (Å²) in [5.41, 5.74) is 5.72. The van der Waals surface area contributed by atoms with Crippen molar-refractivity contribution in [3.63, 3.8) is 0 Å². The fourth-order valence-corrected chi connectivity index (χ4v) is 6.81. The Hall–Kier alpha value is -3.88. The van der Waals surface area contributed by atoms with Gasteiger partial charge >= 0.3 is 12.2 Å². The van der Waals surface area contributed by atoms with Crippen LogP contribution in [0.15, 0.2) is 72.0 Å². The zero-order valence-corrected chi connectivity index (χ0v) is 22.2. The van der Waals surface area contributed by atoms with Crippen molar-refractivity contribution in [3.8, 4) is 5.69 Å². The molecule has 3 aromatic rings. The number of hydrogen-bond acceptors (Lipinski definition) is 2. The molecule has 40 heavy (non-hydrogen) atoms. The second kappa shape index (κ2) is 9.64. The molecule has 1 saturated carbocycles. The molecule has 9 heteroatoms. The van der Waals surface area contributed by atoms with Gasteiger partial charge in [-0.1, -0.05) is 36.3 Å². The van der Waals surface area contributed by atoms with Gasteiger partial charge in [-0.2, -0.15) is 18.3 Å². The van der Waals surface area contributed by atoms with Gasteiger partial charge in [-0.25, -0.2) is 13.9 Å². The largest absolute Gasteiger partial charge is 0.394 e. The third kappa shape index (κ3) is 4.61. The Bertz CT molecular complexity index is 1520. The first-order valence-electron chi connectivity index (χ1n) is 13.5. The van der Waals surface area contributed by atoms with E-state index in [9.17, 15) is 22.4 Å². The van der Waals surface area contributed by atoms with E-state index in [0.717, 1.165) is 33.7 Å². The highest BCUT2D eigenvalue weighted by atomic mass is 19.4. The van der Waals surface area contributed by atoms with Gasteiger partial charge in [-0.3, -0.25) is 0 Å². The molecule has 5 nitrogen and oxygen atoms in total. The minimum absolute atomic E-state index is 0.185.